The minimum atomic E-state index is -0.609. The van der Waals surface area contributed by atoms with E-state index in [1.54, 1.807) is 17.0 Å². The summed E-state index contributed by atoms with van der Waals surface area (Å²) in [5.74, 6) is -0.102. The number of nitrogens with zero attached hydrogens (tertiary/aromatic N) is 1. The van der Waals surface area contributed by atoms with E-state index in [2.05, 4.69) is 16.0 Å². The van der Waals surface area contributed by atoms with Crippen LogP contribution in [-0.2, 0) is 16.1 Å². The predicted molar refractivity (Wildman–Crippen MR) is 106 cm³/mol. The first-order chi connectivity index (χ1) is 13.5. The zero-order valence-corrected chi connectivity index (χ0v) is 16.2. The average Bonchev–Trinajstić information content (AvgIpc) is 3.15. The first-order valence-electron chi connectivity index (χ1n) is 9.15. The largest absolute Gasteiger partial charge is 0.467 e. The highest BCUT2D eigenvalue weighted by Crippen LogP contribution is 2.12. The van der Waals surface area contributed by atoms with Gasteiger partial charge in [-0.15, -0.1) is 0 Å². The Labute approximate surface area is 164 Å². The summed E-state index contributed by atoms with van der Waals surface area (Å²) in [4.78, 5) is 37.9. The van der Waals surface area contributed by atoms with E-state index in [0.717, 1.165) is 17.7 Å². The number of amides is 4. The van der Waals surface area contributed by atoms with E-state index < -0.39 is 11.9 Å². The highest BCUT2D eigenvalue weighted by atomic mass is 16.3. The molecule has 8 heteroatoms. The molecule has 4 amide bonds. The van der Waals surface area contributed by atoms with Crippen LogP contribution in [0, 0.1) is 6.92 Å². The number of hydrogen-bond acceptors (Lipinski definition) is 5. The van der Waals surface area contributed by atoms with E-state index in [1.807, 2.05) is 38.1 Å². The molecule has 0 saturated heterocycles. The maximum Gasteiger partial charge on any atom is 0.321 e. The van der Waals surface area contributed by atoms with Crippen LogP contribution in [0.2, 0.25) is 0 Å². The maximum atomic E-state index is 12.3. The van der Waals surface area contributed by atoms with Crippen LogP contribution in [0.4, 0.5) is 10.5 Å². The van der Waals surface area contributed by atoms with Gasteiger partial charge in [0.05, 0.1) is 25.9 Å². The normalized spacial score (nSPS) is 10.5. The summed E-state index contributed by atoms with van der Waals surface area (Å²) in [6.45, 7) is 4.62. The van der Waals surface area contributed by atoms with Crippen LogP contribution in [0.5, 0.6) is 0 Å². The summed E-state index contributed by atoms with van der Waals surface area (Å²) in [5.41, 5.74) is 1.70. The van der Waals surface area contributed by atoms with Crippen LogP contribution in [0.25, 0.3) is 0 Å². The Hall–Kier alpha value is -3.13. The van der Waals surface area contributed by atoms with Gasteiger partial charge in [0.25, 0.3) is 0 Å². The van der Waals surface area contributed by atoms with Crippen molar-refractivity contribution in [2.45, 2.75) is 26.8 Å². The fraction of sp³-hybridized carbons (Fsp3) is 0.350. The zero-order valence-electron chi connectivity index (χ0n) is 16.2. The number of aryl methyl sites for hydroxylation is 1. The van der Waals surface area contributed by atoms with Gasteiger partial charge in [-0.3, -0.25) is 19.8 Å². The van der Waals surface area contributed by atoms with Gasteiger partial charge in [-0.05, 0) is 43.7 Å². The van der Waals surface area contributed by atoms with Gasteiger partial charge in [-0.25, -0.2) is 4.79 Å². The van der Waals surface area contributed by atoms with Crippen LogP contribution >= 0.6 is 0 Å². The molecule has 0 radical (unpaired) electrons. The van der Waals surface area contributed by atoms with E-state index in [4.69, 9.17) is 4.42 Å². The number of benzene rings is 1. The maximum absolute atomic E-state index is 12.3. The first-order valence-corrected chi connectivity index (χ1v) is 9.15. The van der Waals surface area contributed by atoms with Gasteiger partial charge in [-0.1, -0.05) is 25.1 Å². The lowest BCUT2D eigenvalue weighted by Gasteiger charge is -2.20. The van der Waals surface area contributed by atoms with Crippen molar-refractivity contribution in [1.29, 1.82) is 0 Å². The van der Waals surface area contributed by atoms with Gasteiger partial charge in [-0.2, -0.15) is 0 Å². The van der Waals surface area contributed by atoms with Crippen LogP contribution in [0.3, 0.4) is 0 Å². The molecule has 0 aliphatic rings. The number of imide groups is 1. The topological polar surface area (TPSA) is 104 Å². The Bertz CT molecular complexity index is 789. The van der Waals surface area contributed by atoms with E-state index in [-0.39, 0.29) is 25.5 Å². The van der Waals surface area contributed by atoms with Gasteiger partial charge in [0.1, 0.15) is 5.76 Å². The Balaban J connectivity index is 1.80. The summed E-state index contributed by atoms with van der Waals surface area (Å²) in [6.07, 6.45) is 2.28. The number of urea groups is 1. The number of rotatable bonds is 9. The van der Waals surface area contributed by atoms with E-state index >= 15 is 0 Å². The molecule has 3 N–H and O–H groups in total. The van der Waals surface area contributed by atoms with Gasteiger partial charge in [0.15, 0.2) is 0 Å². The molecule has 0 aliphatic carbocycles. The first kappa shape index (κ1) is 21.2. The molecule has 2 aromatic rings. The molecular formula is C20H26N4O4. The summed E-state index contributed by atoms with van der Waals surface area (Å²) >= 11 is 0. The fourth-order valence-electron chi connectivity index (χ4n) is 2.63. The van der Waals surface area contributed by atoms with Gasteiger partial charge in [0, 0.05) is 5.69 Å². The van der Waals surface area contributed by atoms with Crippen molar-refractivity contribution >= 4 is 23.5 Å². The second-order valence-electron chi connectivity index (χ2n) is 6.38. The van der Waals surface area contributed by atoms with Crippen molar-refractivity contribution in [3.05, 3.63) is 54.0 Å². The molecule has 1 aromatic carbocycles. The fourth-order valence-corrected chi connectivity index (χ4v) is 2.63. The molecule has 28 heavy (non-hydrogen) atoms. The number of nitrogens with one attached hydrogen (secondary N) is 3. The van der Waals surface area contributed by atoms with Crippen molar-refractivity contribution in [3.63, 3.8) is 0 Å². The van der Waals surface area contributed by atoms with Crippen LogP contribution in [0.15, 0.2) is 47.1 Å². The molecular weight excluding hydrogens is 360 g/mol. The van der Waals surface area contributed by atoms with Crippen molar-refractivity contribution in [2.24, 2.45) is 0 Å². The Morgan fingerprint density at radius 1 is 1.04 bits per heavy atom. The minimum Gasteiger partial charge on any atom is -0.467 e. The average molecular weight is 386 g/mol. The molecule has 1 aromatic heterocycles. The third kappa shape index (κ3) is 7.24. The Kier molecular flexibility index (Phi) is 8.23. The summed E-state index contributed by atoms with van der Waals surface area (Å²) < 4.78 is 5.11. The molecule has 0 aliphatic heterocycles. The number of para-hydroxylation sites is 1. The van der Waals surface area contributed by atoms with Gasteiger partial charge < -0.3 is 15.1 Å². The molecule has 0 atom stereocenters. The third-order valence-electron chi connectivity index (χ3n) is 3.95. The Morgan fingerprint density at radius 2 is 1.79 bits per heavy atom. The summed E-state index contributed by atoms with van der Waals surface area (Å²) in [7, 11) is 0. The van der Waals surface area contributed by atoms with Crippen LogP contribution in [-0.4, -0.2) is 42.4 Å². The van der Waals surface area contributed by atoms with Gasteiger partial charge in [0.2, 0.25) is 11.8 Å². The van der Waals surface area contributed by atoms with Crippen LogP contribution in [0.1, 0.15) is 24.7 Å². The zero-order chi connectivity index (χ0) is 20.4. The SMILES string of the molecule is CCCN(CC(=O)NC(=O)NCc1ccco1)CC(=O)Nc1ccccc1C. The highest BCUT2D eigenvalue weighted by Gasteiger charge is 2.16. The molecule has 2 rings (SSSR count). The lowest BCUT2D eigenvalue weighted by atomic mass is 10.2. The number of furan rings is 1. The second kappa shape index (κ2) is 10.9. The number of anilines is 1. The summed E-state index contributed by atoms with van der Waals surface area (Å²) in [5, 5.41) is 7.64. The van der Waals surface area contributed by atoms with Crippen molar-refractivity contribution in [1.82, 2.24) is 15.5 Å². The molecule has 0 bridgehead atoms. The number of carbonyl (C=O) groups is 3. The molecule has 1 heterocycles. The Morgan fingerprint density at radius 3 is 2.46 bits per heavy atom. The van der Waals surface area contributed by atoms with Gasteiger partial charge >= 0.3 is 6.03 Å². The van der Waals surface area contributed by atoms with Crippen molar-refractivity contribution in [3.8, 4) is 0 Å². The molecule has 0 unspecified atom stereocenters. The third-order valence-corrected chi connectivity index (χ3v) is 3.95. The molecule has 0 spiro atoms. The lowest BCUT2D eigenvalue weighted by Crippen LogP contribution is -2.46. The predicted octanol–water partition coefficient (Wildman–Crippen LogP) is 2.26. The molecule has 150 valence electrons. The summed E-state index contributed by atoms with van der Waals surface area (Å²) in [6, 6.07) is 10.3. The van der Waals surface area contributed by atoms with E-state index in [9.17, 15) is 14.4 Å². The molecule has 0 fully saturated rings. The van der Waals surface area contributed by atoms with Crippen molar-refractivity contribution < 1.29 is 18.8 Å². The lowest BCUT2D eigenvalue weighted by molar-refractivity contribution is -0.122. The highest BCUT2D eigenvalue weighted by molar-refractivity contribution is 5.96. The van der Waals surface area contributed by atoms with E-state index in [0.29, 0.717) is 12.3 Å². The second-order valence-corrected chi connectivity index (χ2v) is 6.38. The molecule has 8 nitrogen and oxygen atoms in total. The minimum absolute atomic E-state index is 0.0524. The number of hydrogen-bond donors (Lipinski definition) is 3. The number of carbonyl (C=O) groups excluding carboxylic acids is 3. The van der Waals surface area contributed by atoms with Crippen LogP contribution < -0.4 is 16.0 Å². The molecule has 0 saturated carbocycles. The standard InChI is InChI=1S/C20H26N4O4/c1-3-10-24(13-18(25)22-17-9-5-4-7-15(17)2)14-19(26)23-20(27)21-12-16-8-6-11-28-16/h4-9,11H,3,10,12-14H2,1-2H3,(H,22,25)(H2,21,23,26,27). The van der Waals surface area contributed by atoms with Crippen molar-refractivity contribution in [2.75, 3.05) is 25.0 Å². The monoisotopic (exact) mass is 386 g/mol. The quantitative estimate of drug-likeness (QED) is 0.613. The smallest absolute Gasteiger partial charge is 0.321 e. The van der Waals surface area contributed by atoms with E-state index in [1.165, 1.54) is 6.26 Å².